The molecule has 0 radical (unpaired) electrons. The van der Waals surface area contributed by atoms with Gasteiger partial charge in [0.2, 0.25) is 21.9 Å². The van der Waals surface area contributed by atoms with E-state index < -0.39 is 10.0 Å². The molecule has 1 aromatic heterocycles. The van der Waals surface area contributed by atoms with Crippen LogP contribution < -0.4 is 11.1 Å². The predicted octanol–water partition coefficient (Wildman–Crippen LogP) is 2.47. The van der Waals surface area contributed by atoms with Gasteiger partial charge in [-0.25, -0.2) is 17.7 Å². The molecule has 164 valence electrons. The number of hydrogen-bond acceptors (Lipinski definition) is 5. The molecule has 2 heterocycles. The number of imidazole rings is 1. The fourth-order valence-electron chi connectivity index (χ4n) is 3.98. The minimum Gasteiger partial charge on any atom is -0.399 e. The van der Waals surface area contributed by atoms with Gasteiger partial charge in [-0.1, -0.05) is 24.3 Å². The molecule has 1 saturated heterocycles. The lowest BCUT2D eigenvalue weighted by molar-refractivity contribution is -0.121. The zero-order chi connectivity index (χ0) is 22.0. The maximum Gasteiger partial charge on any atom is 0.229 e. The van der Waals surface area contributed by atoms with Crippen LogP contribution in [0.15, 0.2) is 48.5 Å². The Bertz CT molecular complexity index is 1180. The van der Waals surface area contributed by atoms with Gasteiger partial charge >= 0.3 is 0 Å². The Kier molecular flexibility index (Phi) is 5.97. The standard InChI is InChI=1S/C22H27N5O3S/c1-31(29,30)26-13-11-17(12-14-26)21(28)25-22-24-19-4-2-3-5-20(19)27(22)15-10-16-6-8-18(23)9-7-16/h2-9,17H,10-15,23H2,1H3,(H,24,25,28). The summed E-state index contributed by atoms with van der Waals surface area (Å²) in [4.78, 5) is 17.6. The van der Waals surface area contributed by atoms with Gasteiger partial charge in [0.1, 0.15) is 0 Å². The second kappa shape index (κ2) is 8.68. The van der Waals surface area contributed by atoms with Crippen LogP contribution in [0.1, 0.15) is 18.4 Å². The molecule has 3 N–H and O–H groups in total. The number of nitrogens with one attached hydrogen (secondary N) is 1. The second-order valence-electron chi connectivity index (χ2n) is 7.99. The average molecular weight is 442 g/mol. The van der Waals surface area contributed by atoms with Crippen LogP contribution in [-0.2, 0) is 27.8 Å². The summed E-state index contributed by atoms with van der Waals surface area (Å²) in [5.74, 6) is 0.174. The number of carbonyl (C=O) groups excluding carboxylic acids is 1. The molecule has 1 aliphatic rings. The van der Waals surface area contributed by atoms with Crippen LogP contribution in [0.5, 0.6) is 0 Å². The molecule has 1 fully saturated rings. The molecule has 0 bridgehead atoms. The maximum atomic E-state index is 12.9. The van der Waals surface area contributed by atoms with E-state index in [1.54, 1.807) is 0 Å². The lowest BCUT2D eigenvalue weighted by atomic mass is 9.97. The zero-order valence-electron chi connectivity index (χ0n) is 17.5. The summed E-state index contributed by atoms with van der Waals surface area (Å²) in [5, 5.41) is 2.99. The smallest absolute Gasteiger partial charge is 0.229 e. The van der Waals surface area contributed by atoms with Crippen LogP contribution in [-0.4, -0.2) is 47.5 Å². The molecule has 2 aromatic carbocycles. The first-order valence-corrected chi connectivity index (χ1v) is 12.2. The zero-order valence-corrected chi connectivity index (χ0v) is 18.3. The number of aromatic nitrogens is 2. The Morgan fingerprint density at radius 1 is 1.13 bits per heavy atom. The van der Waals surface area contributed by atoms with Gasteiger partial charge in [0.15, 0.2) is 0 Å². The van der Waals surface area contributed by atoms with Gasteiger partial charge in [0.05, 0.1) is 17.3 Å². The molecule has 0 aliphatic carbocycles. The van der Waals surface area contributed by atoms with Gasteiger partial charge in [0.25, 0.3) is 0 Å². The molecule has 0 saturated carbocycles. The Labute approximate surface area is 182 Å². The van der Waals surface area contributed by atoms with E-state index in [-0.39, 0.29) is 11.8 Å². The number of para-hydroxylation sites is 2. The summed E-state index contributed by atoms with van der Waals surface area (Å²) < 4.78 is 26.9. The van der Waals surface area contributed by atoms with E-state index in [1.165, 1.54) is 10.6 Å². The van der Waals surface area contributed by atoms with Crippen LogP contribution in [0, 0.1) is 5.92 Å². The summed E-state index contributed by atoms with van der Waals surface area (Å²) in [7, 11) is -3.22. The van der Waals surface area contributed by atoms with Crippen molar-refractivity contribution in [3.63, 3.8) is 0 Å². The Hall–Kier alpha value is -2.91. The fourth-order valence-corrected chi connectivity index (χ4v) is 4.86. The van der Waals surface area contributed by atoms with Gasteiger partial charge in [0, 0.05) is 31.2 Å². The first-order chi connectivity index (χ1) is 14.8. The molecule has 1 amide bonds. The molecule has 3 aromatic rings. The van der Waals surface area contributed by atoms with Gasteiger partial charge in [-0.15, -0.1) is 0 Å². The van der Waals surface area contributed by atoms with Crippen LogP contribution in [0.4, 0.5) is 11.6 Å². The number of sulfonamides is 1. The fraction of sp³-hybridized carbons (Fsp3) is 0.364. The predicted molar refractivity (Wildman–Crippen MR) is 122 cm³/mol. The monoisotopic (exact) mass is 441 g/mol. The number of fused-ring (bicyclic) bond motifs is 1. The number of rotatable bonds is 6. The number of aryl methyl sites for hydroxylation is 2. The van der Waals surface area contributed by atoms with Crippen molar-refractivity contribution < 1.29 is 13.2 Å². The molecule has 0 spiro atoms. The van der Waals surface area contributed by atoms with E-state index in [1.807, 2.05) is 53.1 Å². The number of nitrogens with two attached hydrogens (primary N) is 1. The highest BCUT2D eigenvalue weighted by Gasteiger charge is 2.29. The largest absolute Gasteiger partial charge is 0.399 e. The van der Waals surface area contributed by atoms with Crippen molar-refractivity contribution in [2.75, 3.05) is 30.4 Å². The van der Waals surface area contributed by atoms with Crippen molar-refractivity contribution in [1.29, 1.82) is 0 Å². The van der Waals surface area contributed by atoms with Gasteiger partial charge < -0.3 is 10.3 Å². The van der Waals surface area contributed by atoms with E-state index in [0.717, 1.165) is 28.7 Å². The van der Waals surface area contributed by atoms with Crippen LogP contribution in [0.3, 0.4) is 0 Å². The normalized spacial score (nSPS) is 15.9. The minimum absolute atomic E-state index is 0.114. The van der Waals surface area contributed by atoms with Crippen molar-refractivity contribution in [3.05, 3.63) is 54.1 Å². The second-order valence-corrected chi connectivity index (χ2v) is 9.98. The molecule has 1 aliphatic heterocycles. The van der Waals surface area contributed by atoms with Crippen molar-refractivity contribution in [3.8, 4) is 0 Å². The molecular formula is C22H27N5O3S. The van der Waals surface area contributed by atoms with Crippen molar-refractivity contribution >= 4 is 38.6 Å². The van der Waals surface area contributed by atoms with E-state index in [9.17, 15) is 13.2 Å². The number of benzene rings is 2. The van der Waals surface area contributed by atoms with Crippen LogP contribution in [0.25, 0.3) is 11.0 Å². The van der Waals surface area contributed by atoms with Gasteiger partial charge in [-0.3, -0.25) is 10.1 Å². The van der Waals surface area contributed by atoms with E-state index in [2.05, 4.69) is 10.3 Å². The van der Waals surface area contributed by atoms with Crippen LogP contribution in [0.2, 0.25) is 0 Å². The molecule has 8 nitrogen and oxygen atoms in total. The summed E-state index contributed by atoms with van der Waals surface area (Å²) in [5.41, 5.74) is 9.43. The Balaban J connectivity index is 1.50. The SMILES string of the molecule is CS(=O)(=O)N1CCC(C(=O)Nc2nc3ccccc3n2CCc2ccc(N)cc2)CC1. The van der Waals surface area contributed by atoms with Crippen molar-refractivity contribution in [2.24, 2.45) is 5.92 Å². The molecule has 0 atom stereocenters. The highest BCUT2D eigenvalue weighted by Crippen LogP contribution is 2.24. The van der Waals surface area contributed by atoms with Crippen molar-refractivity contribution in [1.82, 2.24) is 13.9 Å². The lowest BCUT2D eigenvalue weighted by Crippen LogP contribution is -2.41. The van der Waals surface area contributed by atoms with E-state index in [0.29, 0.717) is 38.4 Å². The first-order valence-electron chi connectivity index (χ1n) is 10.4. The number of amides is 1. The molecule has 9 heteroatoms. The molecule has 31 heavy (non-hydrogen) atoms. The van der Waals surface area contributed by atoms with Gasteiger partial charge in [-0.2, -0.15) is 0 Å². The number of anilines is 2. The number of nitrogen functional groups attached to an aromatic ring is 1. The highest BCUT2D eigenvalue weighted by molar-refractivity contribution is 7.88. The van der Waals surface area contributed by atoms with Crippen LogP contribution >= 0.6 is 0 Å². The number of nitrogens with zero attached hydrogens (tertiary/aromatic N) is 3. The lowest BCUT2D eigenvalue weighted by Gasteiger charge is -2.29. The number of piperidine rings is 1. The van der Waals surface area contributed by atoms with E-state index in [4.69, 9.17) is 5.73 Å². The third-order valence-corrected chi connectivity index (χ3v) is 7.09. The number of hydrogen-bond donors (Lipinski definition) is 2. The topological polar surface area (TPSA) is 110 Å². The Morgan fingerprint density at radius 2 is 1.81 bits per heavy atom. The third-order valence-electron chi connectivity index (χ3n) is 5.79. The molecule has 4 rings (SSSR count). The first kappa shape index (κ1) is 21.3. The Morgan fingerprint density at radius 3 is 2.48 bits per heavy atom. The third kappa shape index (κ3) is 4.88. The summed E-state index contributed by atoms with van der Waals surface area (Å²) in [6.07, 6.45) is 2.99. The highest BCUT2D eigenvalue weighted by atomic mass is 32.2. The quantitative estimate of drug-likeness (QED) is 0.571. The minimum atomic E-state index is -3.22. The average Bonchev–Trinajstić information content (AvgIpc) is 3.10. The van der Waals surface area contributed by atoms with E-state index >= 15 is 0 Å². The summed E-state index contributed by atoms with van der Waals surface area (Å²) in [6, 6.07) is 15.6. The number of carbonyl (C=O) groups is 1. The van der Waals surface area contributed by atoms with Gasteiger partial charge in [-0.05, 0) is 49.1 Å². The summed E-state index contributed by atoms with van der Waals surface area (Å²) >= 11 is 0. The molecule has 0 unspecified atom stereocenters. The summed E-state index contributed by atoms with van der Waals surface area (Å²) in [6.45, 7) is 1.39. The van der Waals surface area contributed by atoms with Crippen molar-refractivity contribution in [2.45, 2.75) is 25.8 Å². The maximum absolute atomic E-state index is 12.9. The molecular weight excluding hydrogens is 414 g/mol.